The SMILES string of the molecule is CCCc1nccn1-c1cc(Br)ccc1[N+](=O)[O-]. The zero-order valence-corrected chi connectivity index (χ0v) is 11.4. The number of hydrogen-bond acceptors (Lipinski definition) is 3. The first kappa shape index (κ1) is 12.8. The molecule has 1 heterocycles. The molecule has 0 spiro atoms. The molecule has 0 saturated heterocycles. The minimum atomic E-state index is -0.377. The summed E-state index contributed by atoms with van der Waals surface area (Å²) in [7, 11) is 0. The van der Waals surface area contributed by atoms with Crippen LogP contribution in [0.3, 0.4) is 0 Å². The van der Waals surface area contributed by atoms with Crippen LogP contribution < -0.4 is 0 Å². The van der Waals surface area contributed by atoms with Crippen LogP contribution >= 0.6 is 15.9 Å². The second-order valence-electron chi connectivity index (χ2n) is 3.85. The average molecular weight is 310 g/mol. The van der Waals surface area contributed by atoms with E-state index in [-0.39, 0.29) is 10.6 Å². The number of imidazole rings is 1. The quantitative estimate of drug-likeness (QED) is 0.641. The summed E-state index contributed by atoms with van der Waals surface area (Å²) in [4.78, 5) is 14.9. The molecule has 0 fully saturated rings. The van der Waals surface area contributed by atoms with Gasteiger partial charge in [-0.2, -0.15) is 0 Å². The van der Waals surface area contributed by atoms with Crippen LogP contribution in [0.4, 0.5) is 5.69 Å². The molecule has 0 aliphatic carbocycles. The Morgan fingerprint density at radius 3 is 2.94 bits per heavy atom. The van der Waals surface area contributed by atoms with Crippen molar-refractivity contribution in [2.24, 2.45) is 0 Å². The van der Waals surface area contributed by atoms with E-state index in [2.05, 4.69) is 20.9 Å². The van der Waals surface area contributed by atoms with E-state index in [9.17, 15) is 10.1 Å². The second kappa shape index (κ2) is 5.30. The van der Waals surface area contributed by atoms with Gasteiger partial charge in [0.05, 0.1) is 4.92 Å². The lowest BCUT2D eigenvalue weighted by molar-refractivity contribution is -0.384. The molecule has 0 saturated carbocycles. The lowest BCUT2D eigenvalue weighted by atomic mass is 10.2. The average Bonchev–Trinajstić information content (AvgIpc) is 2.77. The van der Waals surface area contributed by atoms with Crippen molar-refractivity contribution in [1.29, 1.82) is 0 Å². The molecule has 0 aliphatic heterocycles. The van der Waals surface area contributed by atoms with Crippen molar-refractivity contribution < 1.29 is 4.92 Å². The Labute approximate surface area is 113 Å². The van der Waals surface area contributed by atoms with E-state index in [1.807, 2.05) is 6.92 Å². The van der Waals surface area contributed by atoms with Gasteiger partial charge in [-0.05, 0) is 18.6 Å². The van der Waals surface area contributed by atoms with Crippen LogP contribution in [0.2, 0.25) is 0 Å². The Balaban J connectivity index is 2.58. The topological polar surface area (TPSA) is 61.0 Å². The van der Waals surface area contributed by atoms with Crippen LogP contribution in [0, 0.1) is 10.1 Å². The lowest BCUT2D eigenvalue weighted by Crippen LogP contribution is -2.03. The van der Waals surface area contributed by atoms with Crippen molar-refractivity contribution in [1.82, 2.24) is 9.55 Å². The highest BCUT2D eigenvalue weighted by molar-refractivity contribution is 9.10. The fourth-order valence-electron chi connectivity index (χ4n) is 1.81. The fraction of sp³-hybridized carbons (Fsp3) is 0.250. The number of nitrogens with zero attached hydrogens (tertiary/aromatic N) is 3. The van der Waals surface area contributed by atoms with Crippen LogP contribution in [0.15, 0.2) is 35.1 Å². The Hall–Kier alpha value is -1.69. The summed E-state index contributed by atoms with van der Waals surface area (Å²) < 4.78 is 2.58. The van der Waals surface area contributed by atoms with Crippen molar-refractivity contribution in [3.8, 4) is 5.69 Å². The highest BCUT2D eigenvalue weighted by atomic mass is 79.9. The standard InChI is InChI=1S/C12H12BrN3O2/c1-2-3-12-14-6-7-15(12)11-8-9(13)4-5-10(11)16(17)18/h4-8H,2-3H2,1H3. The monoisotopic (exact) mass is 309 g/mol. The van der Waals surface area contributed by atoms with Gasteiger partial charge < -0.3 is 0 Å². The van der Waals surface area contributed by atoms with Gasteiger partial charge in [-0.3, -0.25) is 14.7 Å². The van der Waals surface area contributed by atoms with Crippen LogP contribution in [0.5, 0.6) is 0 Å². The minimum absolute atomic E-state index is 0.0774. The maximum absolute atomic E-state index is 11.1. The number of aryl methyl sites for hydroxylation is 1. The molecular formula is C12H12BrN3O2. The van der Waals surface area contributed by atoms with E-state index in [4.69, 9.17) is 0 Å². The fourth-order valence-corrected chi connectivity index (χ4v) is 2.16. The number of rotatable bonds is 4. The highest BCUT2D eigenvalue weighted by Gasteiger charge is 2.17. The molecule has 2 aromatic rings. The molecule has 5 nitrogen and oxygen atoms in total. The summed E-state index contributed by atoms with van der Waals surface area (Å²) in [6.07, 6.45) is 5.14. The number of benzene rings is 1. The van der Waals surface area contributed by atoms with Gasteiger partial charge >= 0.3 is 0 Å². The summed E-state index contributed by atoms with van der Waals surface area (Å²) in [6, 6.07) is 4.90. The van der Waals surface area contributed by atoms with E-state index < -0.39 is 0 Å². The molecule has 0 amide bonds. The Bertz CT molecular complexity index is 580. The molecule has 0 N–H and O–H groups in total. The number of aromatic nitrogens is 2. The van der Waals surface area contributed by atoms with Gasteiger partial charge in [-0.15, -0.1) is 0 Å². The van der Waals surface area contributed by atoms with Crippen molar-refractivity contribution in [3.63, 3.8) is 0 Å². The molecule has 6 heteroatoms. The third kappa shape index (κ3) is 2.43. The largest absolute Gasteiger partial charge is 0.298 e. The molecule has 0 radical (unpaired) electrons. The van der Waals surface area contributed by atoms with Gasteiger partial charge in [0.2, 0.25) is 0 Å². The summed E-state index contributed by atoms with van der Waals surface area (Å²) in [5.41, 5.74) is 0.615. The van der Waals surface area contributed by atoms with E-state index in [1.54, 1.807) is 29.1 Å². The summed E-state index contributed by atoms with van der Waals surface area (Å²) in [5.74, 6) is 0.832. The van der Waals surface area contributed by atoms with Gasteiger partial charge in [-0.25, -0.2) is 4.98 Å². The van der Waals surface area contributed by atoms with Crippen LogP contribution in [-0.2, 0) is 6.42 Å². The molecule has 94 valence electrons. The molecular weight excluding hydrogens is 298 g/mol. The maximum atomic E-state index is 11.1. The smallest absolute Gasteiger partial charge is 0.293 e. The third-order valence-electron chi connectivity index (χ3n) is 2.58. The normalized spacial score (nSPS) is 10.6. The first-order valence-electron chi connectivity index (χ1n) is 5.60. The zero-order chi connectivity index (χ0) is 13.1. The van der Waals surface area contributed by atoms with Crippen LogP contribution in [0.1, 0.15) is 19.2 Å². The predicted octanol–water partition coefficient (Wildman–Crippen LogP) is 3.50. The Morgan fingerprint density at radius 2 is 2.28 bits per heavy atom. The molecule has 0 unspecified atom stereocenters. The summed E-state index contributed by atoms with van der Waals surface area (Å²) in [5, 5.41) is 11.1. The molecule has 2 rings (SSSR count). The number of halogens is 1. The van der Waals surface area contributed by atoms with Gasteiger partial charge in [0.1, 0.15) is 11.5 Å². The summed E-state index contributed by atoms with van der Waals surface area (Å²) >= 11 is 3.34. The van der Waals surface area contributed by atoms with Crippen molar-refractivity contribution in [3.05, 3.63) is 51.0 Å². The molecule has 0 aliphatic rings. The Kier molecular flexibility index (Phi) is 3.76. The van der Waals surface area contributed by atoms with Crippen molar-refractivity contribution >= 4 is 21.6 Å². The van der Waals surface area contributed by atoms with Gasteiger partial charge in [0.25, 0.3) is 5.69 Å². The molecule has 1 aromatic heterocycles. The van der Waals surface area contributed by atoms with Crippen molar-refractivity contribution in [2.45, 2.75) is 19.8 Å². The van der Waals surface area contributed by atoms with E-state index >= 15 is 0 Å². The van der Waals surface area contributed by atoms with Crippen LogP contribution in [-0.4, -0.2) is 14.5 Å². The van der Waals surface area contributed by atoms with Gasteiger partial charge in [0, 0.05) is 29.4 Å². The third-order valence-corrected chi connectivity index (χ3v) is 3.08. The van der Waals surface area contributed by atoms with E-state index in [0.29, 0.717) is 5.69 Å². The summed E-state index contributed by atoms with van der Waals surface area (Å²) in [6.45, 7) is 2.05. The molecule has 0 bridgehead atoms. The second-order valence-corrected chi connectivity index (χ2v) is 4.77. The molecule has 1 aromatic carbocycles. The van der Waals surface area contributed by atoms with Gasteiger partial charge in [-0.1, -0.05) is 22.9 Å². The number of hydrogen-bond donors (Lipinski definition) is 0. The van der Waals surface area contributed by atoms with Crippen molar-refractivity contribution in [2.75, 3.05) is 0 Å². The maximum Gasteiger partial charge on any atom is 0.293 e. The predicted molar refractivity (Wildman–Crippen MR) is 71.9 cm³/mol. The number of nitro benzene ring substituents is 1. The molecule has 18 heavy (non-hydrogen) atoms. The first-order chi connectivity index (χ1) is 8.63. The van der Waals surface area contributed by atoms with E-state index in [0.717, 1.165) is 23.1 Å². The van der Waals surface area contributed by atoms with Gasteiger partial charge in [0.15, 0.2) is 0 Å². The number of nitro groups is 1. The highest BCUT2D eigenvalue weighted by Crippen LogP contribution is 2.27. The zero-order valence-electron chi connectivity index (χ0n) is 9.84. The first-order valence-corrected chi connectivity index (χ1v) is 6.39. The Morgan fingerprint density at radius 1 is 1.50 bits per heavy atom. The molecule has 0 atom stereocenters. The lowest BCUT2D eigenvalue weighted by Gasteiger charge is -2.08. The van der Waals surface area contributed by atoms with Crippen LogP contribution in [0.25, 0.3) is 5.69 Å². The van der Waals surface area contributed by atoms with E-state index in [1.165, 1.54) is 6.07 Å². The minimum Gasteiger partial charge on any atom is -0.298 e.